The van der Waals surface area contributed by atoms with Crippen LogP contribution < -0.4 is 5.32 Å². The van der Waals surface area contributed by atoms with Crippen molar-refractivity contribution in [3.63, 3.8) is 0 Å². The summed E-state index contributed by atoms with van der Waals surface area (Å²) in [4.78, 5) is 27.8. The molecule has 2 aromatic carbocycles. The first kappa shape index (κ1) is 20.2. The van der Waals surface area contributed by atoms with Crippen LogP contribution in [0.3, 0.4) is 0 Å². The molecule has 156 valence electrons. The number of hydrogen-bond acceptors (Lipinski definition) is 5. The maximum Gasteiger partial charge on any atom is 0.269 e. The lowest BCUT2D eigenvalue weighted by Crippen LogP contribution is -2.15. The van der Waals surface area contributed by atoms with Crippen LogP contribution in [0.25, 0.3) is 16.7 Å². The summed E-state index contributed by atoms with van der Waals surface area (Å²) in [5.41, 5.74) is 5.16. The summed E-state index contributed by atoms with van der Waals surface area (Å²) >= 11 is 0. The molecule has 1 N–H and O–H groups in total. The fourth-order valence-corrected chi connectivity index (χ4v) is 3.62. The van der Waals surface area contributed by atoms with Gasteiger partial charge in [-0.1, -0.05) is 11.6 Å². The molecule has 0 atom stereocenters. The van der Waals surface area contributed by atoms with E-state index in [4.69, 9.17) is 4.98 Å². The van der Waals surface area contributed by atoms with Crippen molar-refractivity contribution in [1.82, 2.24) is 14.8 Å². The maximum atomic E-state index is 12.7. The van der Waals surface area contributed by atoms with Gasteiger partial charge in [-0.15, -0.1) is 0 Å². The number of carbonyl (C=O) groups excluding carboxylic acids is 1. The number of nitrogens with zero attached hydrogens (tertiary/aromatic N) is 4. The Morgan fingerprint density at radius 3 is 2.39 bits per heavy atom. The molecule has 0 bridgehead atoms. The standard InChI is InChI=1S/C23H21N5O3/c1-13-9-15(3)22-19(10-13)14(2)11-20(24-22)27-21(12-16(4)26-27)25-23(29)17-5-7-18(8-6-17)28(30)31/h5-12H,1-4H3,(H,25,29). The van der Waals surface area contributed by atoms with Crippen molar-refractivity contribution >= 4 is 28.3 Å². The van der Waals surface area contributed by atoms with Gasteiger partial charge in [0.15, 0.2) is 5.82 Å². The predicted octanol–water partition coefficient (Wildman–Crippen LogP) is 4.81. The predicted molar refractivity (Wildman–Crippen MR) is 119 cm³/mol. The molecule has 31 heavy (non-hydrogen) atoms. The number of aryl methyl sites for hydroxylation is 4. The van der Waals surface area contributed by atoms with Gasteiger partial charge >= 0.3 is 0 Å². The Kier molecular flexibility index (Phi) is 4.98. The molecular weight excluding hydrogens is 394 g/mol. The SMILES string of the molecule is Cc1cc(C)c2nc(-n3nc(C)cc3NC(=O)c3ccc([N+](=O)[O-])cc3)cc(C)c2c1. The molecule has 2 heterocycles. The van der Waals surface area contributed by atoms with E-state index in [0.717, 1.165) is 27.7 Å². The molecule has 0 fully saturated rings. The number of anilines is 1. The Labute approximate surface area is 178 Å². The minimum Gasteiger partial charge on any atom is -0.306 e. The van der Waals surface area contributed by atoms with Crippen LogP contribution in [0.2, 0.25) is 0 Å². The van der Waals surface area contributed by atoms with Gasteiger partial charge in [0.2, 0.25) is 0 Å². The maximum absolute atomic E-state index is 12.7. The van der Waals surface area contributed by atoms with Crippen LogP contribution in [-0.4, -0.2) is 25.6 Å². The molecule has 4 aromatic rings. The lowest BCUT2D eigenvalue weighted by molar-refractivity contribution is -0.384. The fourth-order valence-electron chi connectivity index (χ4n) is 3.62. The Morgan fingerprint density at radius 1 is 1.00 bits per heavy atom. The average molecular weight is 415 g/mol. The second kappa shape index (κ2) is 7.64. The first-order valence-corrected chi connectivity index (χ1v) is 9.74. The number of carbonyl (C=O) groups is 1. The second-order valence-electron chi connectivity index (χ2n) is 7.62. The van der Waals surface area contributed by atoms with Crippen molar-refractivity contribution in [3.05, 3.63) is 86.6 Å². The summed E-state index contributed by atoms with van der Waals surface area (Å²) in [6, 6.07) is 13.3. The first-order valence-electron chi connectivity index (χ1n) is 9.74. The summed E-state index contributed by atoms with van der Waals surface area (Å²) in [6.07, 6.45) is 0. The van der Waals surface area contributed by atoms with Gasteiger partial charge in [-0.05, 0) is 63.1 Å². The number of non-ortho nitro benzene ring substituents is 1. The number of nitro groups is 1. The van der Waals surface area contributed by atoms with Crippen LogP contribution in [0, 0.1) is 37.8 Å². The molecule has 4 rings (SSSR count). The van der Waals surface area contributed by atoms with E-state index in [1.54, 1.807) is 10.7 Å². The van der Waals surface area contributed by atoms with Crippen molar-refractivity contribution in [1.29, 1.82) is 0 Å². The Balaban J connectivity index is 1.72. The Morgan fingerprint density at radius 2 is 1.71 bits per heavy atom. The van der Waals surface area contributed by atoms with E-state index in [2.05, 4.69) is 29.5 Å². The van der Waals surface area contributed by atoms with Crippen molar-refractivity contribution in [3.8, 4) is 5.82 Å². The number of hydrogen-bond donors (Lipinski definition) is 1. The minimum atomic E-state index is -0.503. The number of pyridine rings is 1. The summed E-state index contributed by atoms with van der Waals surface area (Å²) in [5, 5.41) is 19.3. The zero-order valence-corrected chi connectivity index (χ0v) is 17.6. The number of aromatic nitrogens is 3. The molecule has 0 spiro atoms. The lowest BCUT2D eigenvalue weighted by Gasteiger charge is -2.12. The van der Waals surface area contributed by atoms with Crippen LogP contribution in [0.5, 0.6) is 0 Å². The van der Waals surface area contributed by atoms with Gasteiger partial charge in [-0.2, -0.15) is 9.78 Å². The molecule has 0 saturated carbocycles. The zero-order chi connectivity index (χ0) is 22.3. The van der Waals surface area contributed by atoms with Gasteiger partial charge in [-0.25, -0.2) is 4.98 Å². The van der Waals surface area contributed by atoms with Crippen LogP contribution in [0.15, 0.2) is 48.5 Å². The van der Waals surface area contributed by atoms with Gasteiger partial charge in [0.05, 0.1) is 16.1 Å². The number of nitrogens with one attached hydrogen (secondary N) is 1. The average Bonchev–Trinajstić information content (AvgIpc) is 3.08. The molecule has 0 aliphatic heterocycles. The Bertz CT molecular complexity index is 1340. The van der Waals surface area contributed by atoms with E-state index in [1.165, 1.54) is 29.8 Å². The quantitative estimate of drug-likeness (QED) is 0.380. The number of amides is 1. The van der Waals surface area contributed by atoms with E-state index >= 15 is 0 Å². The van der Waals surface area contributed by atoms with Crippen molar-refractivity contribution in [2.45, 2.75) is 27.7 Å². The van der Waals surface area contributed by atoms with Gasteiger partial charge < -0.3 is 5.32 Å². The molecule has 1 amide bonds. The van der Waals surface area contributed by atoms with E-state index < -0.39 is 4.92 Å². The number of nitro benzene ring substituents is 1. The topological polar surface area (TPSA) is 103 Å². The third-order valence-corrected chi connectivity index (χ3v) is 5.07. The van der Waals surface area contributed by atoms with E-state index in [0.29, 0.717) is 17.2 Å². The normalized spacial score (nSPS) is 11.0. The molecular formula is C23H21N5O3. The largest absolute Gasteiger partial charge is 0.306 e. The van der Waals surface area contributed by atoms with Crippen LogP contribution in [0.4, 0.5) is 11.5 Å². The first-order chi connectivity index (χ1) is 14.7. The van der Waals surface area contributed by atoms with E-state index in [9.17, 15) is 14.9 Å². The Hall–Kier alpha value is -4.07. The van der Waals surface area contributed by atoms with Gasteiger partial charge in [0, 0.05) is 29.1 Å². The van der Waals surface area contributed by atoms with Gasteiger partial charge in [-0.3, -0.25) is 14.9 Å². The molecule has 0 radical (unpaired) electrons. The molecule has 8 heteroatoms. The number of fused-ring (bicyclic) bond motifs is 1. The number of benzene rings is 2. The fraction of sp³-hybridized carbons (Fsp3) is 0.174. The highest BCUT2D eigenvalue weighted by Crippen LogP contribution is 2.26. The zero-order valence-electron chi connectivity index (χ0n) is 17.6. The monoisotopic (exact) mass is 415 g/mol. The highest BCUT2D eigenvalue weighted by molar-refractivity contribution is 6.04. The van der Waals surface area contributed by atoms with Gasteiger partial charge in [0.1, 0.15) is 5.82 Å². The summed E-state index contributed by atoms with van der Waals surface area (Å²) in [7, 11) is 0. The highest BCUT2D eigenvalue weighted by atomic mass is 16.6. The summed E-state index contributed by atoms with van der Waals surface area (Å²) in [5.74, 6) is 0.682. The lowest BCUT2D eigenvalue weighted by atomic mass is 10.0. The summed E-state index contributed by atoms with van der Waals surface area (Å²) < 4.78 is 1.60. The molecule has 2 aromatic heterocycles. The third kappa shape index (κ3) is 3.87. The minimum absolute atomic E-state index is 0.0705. The van der Waals surface area contributed by atoms with Crippen LogP contribution in [0.1, 0.15) is 32.7 Å². The van der Waals surface area contributed by atoms with E-state index in [-0.39, 0.29) is 11.6 Å². The van der Waals surface area contributed by atoms with Crippen molar-refractivity contribution < 1.29 is 9.72 Å². The molecule has 8 nitrogen and oxygen atoms in total. The van der Waals surface area contributed by atoms with Crippen LogP contribution in [-0.2, 0) is 0 Å². The molecule has 0 unspecified atom stereocenters. The third-order valence-electron chi connectivity index (χ3n) is 5.07. The summed E-state index contributed by atoms with van der Waals surface area (Å²) in [6.45, 7) is 7.94. The molecule has 0 aliphatic carbocycles. The van der Waals surface area contributed by atoms with Crippen molar-refractivity contribution in [2.75, 3.05) is 5.32 Å². The molecule has 0 aliphatic rings. The molecule has 0 saturated heterocycles. The number of rotatable bonds is 4. The van der Waals surface area contributed by atoms with E-state index in [1.807, 2.05) is 26.8 Å². The van der Waals surface area contributed by atoms with Crippen molar-refractivity contribution in [2.24, 2.45) is 0 Å². The highest BCUT2D eigenvalue weighted by Gasteiger charge is 2.16. The smallest absolute Gasteiger partial charge is 0.269 e. The van der Waals surface area contributed by atoms with Crippen LogP contribution >= 0.6 is 0 Å². The second-order valence-corrected chi connectivity index (χ2v) is 7.62. The van der Waals surface area contributed by atoms with Gasteiger partial charge in [0.25, 0.3) is 11.6 Å².